The van der Waals surface area contributed by atoms with Gasteiger partial charge in [-0.05, 0) is 60.7 Å². The molecule has 1 aliphatic heterocycles. The fraction of sp³-hybridized carbons (Fsp3) is 0.0370. The molecule has 0 spiro atoms. The van der Waals surface area contributed by atoms with Gasteiger partial charge in [-0.25, -0.2) is 8.42 Å². The number of sulfonamides is 1. The molecule has 2 N–H and O–H groups in total. The summed E-state index contributed by atoms with van der Waals surface area (Å²) in [7, 11) is -3.73. The number of carbonyl (C=O) groups is 2. The summed E-state index contributed by atoms with van der Waals surface area (Å²) >= 11 is 1.13. The molecule has 3 aromatic carbocycles. The zero-order valence-electron chi connectivity index (χ0n) is 19.3. The number of hydrogen-bond acceptors (Lipinski definition) is 7. The summed E-state index contributed by atoms with van der Waals surface area (Å²) in [5.41, 5.74) is 1.21. The minimum atomic E-state index is -3.73. The Balaban J connectivity index is 1.38. The zero-order valence-corrected chi connectivity index (χ0v) is 21.0. The molecule has 0 saturated carbocycles. The fourth-order valence-electron chi connectivity index (χ4n) is 3.65. The van der Waals surface area contributed by atoms with Gasteiger partial charge in [0.1, 0.15) is 16.4 Å². The van der Waals surface area contributed by atoms with Gasteiger partial charge >= 0.3 is 0 Å². The SMILES string of the molecule is O=C1C(Nc2ccccc2)=C(Sc2ccc(NS(=O)(=O)c3ccccc3)cc2)C(=O)N1Cc1ccco1. The number of rotatable bonds is 9. The second-order valence-electron chi connectivity index (χ2n) is 8.02. The predicted octanol–water partition coefficient (Wildman–Crippen LogP) is 5.07. The van der Waals surface area contributed by atoms with Crippen molar-refractivity contribution in [2.75, 3.05) is 10.0 Å². The number of anilines is 2. The maximum atomic E-state index is 13.3. The maximum absolute atomic E-state index is 13.3. The van der Waals surface area contributed by atoms with E-state index in [1.165, 1.54) is 18.4 Å². The molecular weight excluding hydrogens is 510 g/mol. The van der Waals surface area contributed by atoms with Gasteiger partial charge in [0.2, 0.25) is 0 Å². The molecule has 0 fully saturated rings. The van der Waals surface area contributed by atoms with Crippen molar-refractivity contribution in [3.63, 3.8) is 0 Å². The first-order chi connectivity index (χ1) is 17.9. The number of thioether (sulfide) groups is 1. The summed E-state index contributed by atoms with van der Waals surface area (Å²) in [5.74, 6) is -0.416. The second-order valence-corrected chi connectivity index (χ2v) is 10.8. The van der Waals surface area contributed by atoms with E-state index >= 15 is 0 Å². The highest BCUT2D eigenvalue weighted by molar-refractivity contribution is 8.04. The van der Waals surface area contributed by atoms with Gasteiger partial charge in [0.05, 0.1) is 17.7 Å². The van der Waals surface area contributed by atoms with E-state index in [0.717, 1.165) is 16.7 Å². The number of carbonyl (C=O) groups excluding carboxylic acids is 2. The van der Waals surface area contributed by atoms with E-state index in [4.69, 9.17) is 4.42 Å². The second kappa shape index (κ2) is 10.4. The van der Waals surface area contributed by atoms with Gasteiger partial charge < -0.3 is 9.73 Å². The Hall–Kier alpha value is -4.28. The van der Waals surface area contributed by atoms with Gasteiger partial charge in [-0.1, -0.05) is 48.2 Å². The fourth-order valence-corrected chi connectivity index (χ4v) is 5.67. The van der Waals surface area contributed by atoms with Gasteiger partial charge in [0.25, 0.3) is 21.8 Å². The van der Waals surface area contributed by atoms with Gasteiger partial charge in [-0.2, -0.15) is 0 Å². The lowest BCUT2D eigenvalue weighted by molar-refractivity contribution is -0.138. The largest absolute Gasteiger partial charge is 0.467 e. The number of nitrogens with one attached hydrogen (secondary N) is 2. The van der Waals surface area contributed by atoms with Crippen LogP contribution in [-0.4, -0.2) is 25.1 Å². The molecule has 0 radical (unpaired) electrons. The van der Waals surface area contributed by atoms with E-state index in [1.807, 2.05) is 18.2 Å². The monoisotopic (exact) mass is 531 g/mol. The summed E-state index contributed by atoms with van der Waals surface area (Å²) in [6.07, 6.45) is 1.49. The molecule has 4 aromatic rings. The molecule has 10 heteroatoms. The third-order valence-electron chi connectivity index (χ3n) is 5.44. The first-order valence-electron chi connectivity index (χ1n) is 11.2. The van der Waals surface area contributed by atoms with Crippen molar-refractivity contribution in [2.24, 2.45) is 0 Å². The minimum Gasteiger partial charge on any atom is -0.467 e. The zero-order chi connectivity index (χ0) is 25.8. The standard InChI is InChI=1S/C27H21N3O5S2/c31-26-24(28-19-8-3-1-4-9-19)25(27(32)30(26)18-21-10-7-17-35-21)36-22-15-13-20(14-16-22)29-37(33,34)23-11-5-2-6-12-23/h1-17,28-29H,18H2. The van der Waals surface area contributed by atoms with Crippen molar-refractivity contribution < 1.29 is 22.4 Å². The molecule has 0 saturated heterocycles. The van der Waals surface area contributed by atoms with Crippen molar-refractivity contribution in [3.05, 3.63) is 120 Å². The van der Waals surface area contributed by atoms with E-state index in [-0.39, 0.29) is 22.0 Å². The van der Waals surface area contributed by atoms with Crippen LogP contribution in [0.3, 0.4) is 0 Å². The maximum Gasteiger partial charge on any atom is 0.278 e. The summed E-state index contributed by atoms with van der Waals surface area (Å²) in [4.78, 5) is 28.7. The van der Waals surface area contributed by atoms with Crippen LogP contribution in [0.2, 0.25) is 0 Å². The highest BCUT2D eigenvalue weighted by Gasteiger charge is 2.39. The van der Waals surface area contributed by atoms with Crippen LogP contribution < -0.4 is 10.0 Å². The average Bonchev–Trinajstić information content (AvgIpc) is 3.50. The topological polar surface area (TPSA) is 109 Å². The van der Waals surface area contributed by atoms with Crippen molar-refractivity contribution in [3.8, 4) is 0 Å². The Bertz CT molecular complexity index is 1550. The van der Waals surface area contributed by atoms with Gasteiger partial charge in [-0.15, -0.1) is 0 Å². The Morgan fingerprint density at radius 2 is 1.43 bits per heavy atom. The predicted molar refractivity (Wildman–Crippen MR) is 141 cm³/mol. The van der Waals surface area contributed by atoms with Crippen LogP contribution in [-0.2, 0) is 26.2 Å². The number of hydrogen-bond donors (Lipinski definition) is 2. The highest BCUT2D eigenvalue weighted by atomic mass is 32.2. The van der Waals surface area contributed by atoms with Crippen LogP contribution in [0.25, 0.3) is 0 Å². The average molecular weight is 532 g/mol. The summed E-state index contributed by atoms with van der Waals surface area (Å²) in [5, 5.41) is 3.09. The molecule has 1 aliphatic rings. The van der Waals surface area contributed by atoms with E-state index in [2.05, 4.69) is 10.0 Å². The van der Waals surface area contributed by atoms with Gasteiger partial charge in [-0.3, -0.25) is 19.2 Å². The number of para-hydroxylation sites is 1. The number of nitrogens with zero attached hydrogens (tertiary/aromatic N) is 1. The van der Waals surface area contributed by atoms with Crippen molar-refractivity contribution >= 4 is 45.0 Å². The van der Waals surface area contributed by atoms with Crippen molar-refractivity contribution in [2.45, 2.75) is 16.3 Å². The van der Waals surface area contributed by atoms with E-state index < -0.39 is 21.8 Å². The van der Waals surface area contributed by atoms with Crippen LogP contribution in [0.5, 0.6) is 0 Å². The number of furan rings is 1. The first kappa shape index (κ1) is 24.4. The normalized spacial score (nSPS) is 13.8. The molecule has 1 aromatic heterocycles. The molecule has 0 bridgehead atoms. The van der Waals surface area contributed by atoms with Gasteiger partial charge in [0.15, 0.2) is 0 Å². The lowest BCUT2D eigenvalue weighted by Gasteiger charge is -2.13. The Morgan fingerprint density at radius 3 is 2.08 bits per heavy atom. The lowest BCUT2D eigenvalue weighted by Crippen LogP contribution is -2.31. The number of imide groups is 1. The van der Waals surface area contributed by atoms with Crippen molar-refractivity contribution in [1.82, 2.24) is 4.90 Å². The first-order valence-corrected chi connectivity index (χ1v) is 13.5. The van der Waals surface area contributed by atoms with Crippen LogP contribution in [0.4, 0.5) is 11.4 Å². The van der Waals surface area contributed by atoms with E-state index in [1.54, 1.807) is 66.7 Å². The number of amides is 2. The van der Waals surface area contributed by atoms with Crippen LogP contribution >= 0.6 is 11.8 Å². The Kier molecular flexibility index (Phi) is 6.85. The third-order valence-corrected chi connectivity index (χ3v) is 7.93. The molecule has 0 atom stereocenters. The number of benzene rings is 3. The van der Waals surface area contributed by atoms with Crippen molar-refractivity contribution in [1.29, 1.82) is 0 Å². The highest BCUT2D eigenvalue weighted by Crippen LogP contribution is 2.37. The summed E-state index contributed by atoms with van der Waals surface area (Å²) < 4.78 is 33.1. The Morgan fingerprint density at radius 1 is 0.757 bits per heavy atom. The smallest absolute Gasteiger partial charge is 0.278 e. The molecular formula is C27H21N3O5S2. The molecule has 0 unspecified atom stereocenters. The van der Waals surface area contributed by atoms with E-state index in [9.17, 15) is 18.0 Å². The lowest BCUT2D eigenvalue weighted by atomic mass is 10.3. The Labute approximate surface area is 218 Å². The van der Waals surface area contributed by atoms with Crippen LogP contribution in [0.15, 0.2) is 128 Å². The third kappa shape index (κ3) is 5.45. The van der Waals surface area contributed by atoms with E-state index in [0.29, 0.717) is 22.0 Å². The minimum absolute atomic E-state index is 0.00883. The van der Waals surface area contributed by atoms with Crippen LogP contribution in [0, 0.1) is 0 Å². The molecule has 5 rings (SSSR count). The molecule has 2 amide bonds. The molecule has 0 aliphatic carbocycles. The summed E-state index contributed by atoms with van der Waals surface area (Å²) in [6, 6.07) is 27.2. The summed E-state index contributed by atoms with van der Waals surface area (Å²) in [6.45, 7) is 0.00883. The molecule has 8 nitrogen and oxygen atoms in total. The van der Waals surface area contributed by atoms with Crippen LogP contribution in [0.1, 0.15) is 5.76 Å². The molecule has 2 heterocycles. The molecule has 186 valence electrons. The quantitative estimate of drug-likeness (QED) is 0.291. The van der Waals surface area contributed by atoms with Gasteiger partial charge in [0, 0.05) is 16.3 Å². The molecule has 37 heavy (non-hydrogen) atoms.